The molecule has 2 aliphatic rings. The van der Waals surface area contributed by atoms with Crippen LogP contribution in [0.3, 0.4) is 0 Å². The van der Waals surface area contributed by atoms with E-state index >= 15 is 0 Å². The molecule has 0 unspecified atom stereocenters. The van der Waals surface area contributed by atoms with Crippen molar-refractivity contribution < 1.29 is 14.3 Å². The van der Waals surface area contributed by atoms with E-state index in [0.717, 1.165) is 69.2 Å². The summed E-state index contributed by atoms with van der Waals surface area (Å²) in [6, 6.07) is 7.65. The molecule has 1 fully saturated rings. The fraction of sp³-hybridized carbons (Fsp3) is 0.478. The third-order valence-electron chi connectivity index (χ3n) is 5.92. The van der Waals surface area contributed by atoms with Gasteiger partial charge in [0.15, 0.2) is 0 Å². The Morgan fingerprint density at radius 3 is 2.70 bits per heavy atom. The van der Waals surface area contributed by atoms with Gasteiger partial charge in [0.05, 0.1) is 20.3 Å². The van der Waals surface area contributed by atoms with Crippen molar-refractivity contribution in [3.05, 3.63) is 47.4 Å². The SMILES string of the molecule is CNC(=O)c1[nH]c(C2CCN(CC3=CCCOC3)CC2)nc1-c1ccc(OC)cc1. The molecule has 2 aliphatic heterocycles. The number of nitrogens with one attached hydrogen (secondary N) is 2. The number of likely N-dealkylation sites (tertiary alicyclic amines) is 1. The number of aromatic nitrogens is 2. The number of hydrogen-bond acceptors (Lipinski definition) is 5. The summed E-state index contributed by atoms with van der Waals surface area (Å²) >= 11 is 0. The summed E-state index contributed by atoms with van der Waals surface area (Å²) in [6.45, 7) is 4.64. The topological polar surface area (TPSA) is 79.5 Å². The fourth-order valence-electron chi connectivity index (χ4n) is 4.20. The molecule has 3 heterocycles. The van der Waals surface area contributed by atoms with Crippen molar-refractivity contribution in [1.29, 1.82) is 0 Å². The first-order valence-corrected chi connectivity index (χ1v) is 10.6. The van der Waals surface area contributed by atoms with Crippen molar-refractivity contribution in [3.8, 4) is 17.0 Å². The van der Waals surface area contributed by atoms with E-state index in [1.165, 1.54) is 5.57 Å². The molecule has 1 aromatic heterocycles. The van der Waals surface area contributed by atoms with Crippen LogP contribution in [-0.4, -0.2) is 67.8 Å². The molecule has 0 aliphatic carbocycles. The maximum absolute atomic E-state index is 12.5. The van der Waals surface area contributed by atoms with Crippen molar-refractivity contribution in [1.82, 2.24) is 20.2 Å². The third kappa shape index (κ3) is 4.57. The summed E-state index contributed by atoms with van der Waals surface area (Å²) in [5.74, 6) is 1.86. The van der Waals surface area contributed by atoms with Gasteiger partial charge in [-0.1, -0.05) is 6.08 Å². The summed E-state index contributed by atoms with van der Waals surface area (Å²) in [6.07, 6.45) is 5.39. The van der Waals surface area contributed by atoms with E-state index < -0.39 is 0 Å². The van der Waals surface area contributed by atoms with Crippen LogP contribution in [0.5, 0.6) is 5.75 Å². The maximum Gasteiger partial charge on any atom is 0.269 e. The van der Waals surface area contributed by atoms with Gasteiger partial charge in [-0.25, -0.2) is 4.98 Å². The van der Waals surface area contributed by atoms with E-state index in [1.807, 2.05) is 24.3 Å². The molecule has 0 atom stereocenters. The van der Waals surface area contributed by atoms with Crippen LogP contribution in [0.4, 0.5) is 0 Å². The summed E-state index contributed by atoms with van der Waals surface area (Å²) in [5.41, 5.74) is 3.50. The lowest BCUT2D eigenvalue weighted by molar-refractivity contribution is 0.0959. The number of rotatable bonds is 6. The third-order valence-corrected chi connectivity index (χ3v) is 5.92. The van der Waals surface area contributed by atoms with Crippen LogP contribution in [-0.2, 0) is 4.74 Å². The first-order valence-electron chi connectivity index (χ1n) is 10.6. The first kappa shape index (κ1) is 20.6. The molecule has 4 rings (SSSR count). The molecular formula is C23H30N4O3. The molecule has 160 valence electrons. The molecule has 7 nitrogen and oxygen atoms in total. The Morgan fingerprint density at radius 2 is 2.07 bits per heavy atom. The molecular weight excluding hydrogens is 380 g/mol. The average Bonchev–Trinajstić information content (AvgIpc) is 3.25. The van der Waals surface area contributed by atoms with Crippen molar-refractivity contribution in [2.75, 3.05) is 47.0 Å². The minimum absolute atomic E-state index is 0.152. The lowest BCUT2D eigenvalue weighted by Gasteiger charge is -2.32. The van der Waals surface area contributed by atoms with Gasteiger partial charge in [-0.05, 0) is 62.2 Å². The first-order chi connectivity index (χ1) is 14.7. The molecule has 30 heavy (non-hydrogen) atoms. The molecule has 2 aromatic rings. The number of aromatic amines is 1. The molecule has 2 N–H and O–H groups in total. The van der Waals surface area contributed by atoms with Gasteiger partial charge in [0, 0.05) is 25.1 Å². The van der Waals surface area contributed by atoms with E-state index in [0.29, 0.717) is 17.3 Å². The van der Waals surface area contributed by atoms with E-state index in [9.17, 15) is 4.79 Å². The van der Waals surface area contributed by atoms with Gasteiger partial charge < -0.3 is 19.8 Å². The van der Waals surface area contributed by atoms with Crippen molar-refractivity contribution >= 4 is 5.91 Å². The van der Waals surface area contributed by atoms with E-state index in [2.05, 4.69) is 21.3 Å². The Hall–Kier alpha value is -2.64. The van der Waals surface area contributed by atoms with Crippen molar-refractivity contribution in [2.24, 2.45) is 0 Å². The van der Waals surface area contributed by atoms with Crippen LogP contribution in [0, 0.1) is 0 Å². The smallest absolute Gasteiger partial charge is 0.269 e. The van der Waals surface area contributed by atoms with Crippen molar-refractivity contribution in [2.45, 2.75) is 25.2 Å². The number of piperidine rings is 1. The number of carbonyl (C=O) groups is 1. The number of H-pyrrole nitrogens is 1. The summed E-state index contributed by atoms with van der Waals surface area (Å²) in [7, 11) is 3.28. The molecule has 0 radical (unpaired) electrons. The molecule has 7 heteroatoms. The van der Waals surface area contributed by atoms with Gasteiger partial charge in [0.2, 0.25) is 0 Å². The minimum Gasteiger partial charge on any atom is -0.497 e. The largest absolute Gasteiger partial charge is 0.497 e. The fourth-order valence-corrected chi connectivity index (χ4v) is 4.20. The van der Waals surface area contributed by atoms with Crippen LogP contribution in [0.2, 0.25) is 0 Å². The number of amides is 1. The zero-order chi connectivity index (χ0) is 20.9. The minimum atomic E-state index is -0.152. The summed E-state index contributed by atoms with van der Waals surface area (Å²) in [5, 5.41) is 2.72. The number of nitrogens with zero attached hydrogens (tertiary/aromatic N) is 2. The second-order valence-electron chi connectivity index (χ2n) is 7.91. The van der Waals surface area contributed by atoms with E-state index in [4.69, 9.17) is 14.5 Å². The standard InChI is InChI=1S/C23H30N4O3/c1-24-23(28)21-20(17-5-7-19(29-2)8-6-17)25-22(26-21)18-9-11-27(12-10-18)14-16-4-3-13-30-15-16/h4-8,18H,3,9-15H2,1-2H3,(H,24,28)(H,25,26). The number of carbonyl (C=O) groups excluding carboxylic acids is 1. The number of imidazole rings is 1. The molecule has 1 aromatic carbocycles. The molecule has 0 spiro atoms. The normalized spacial score (nSPS) is 18.1. The Morgan fingerprint density at radius 1 is 1.30 bits per heavy atom. The highest BCUT2D eigenvalue weighted by Crippen LogP contribution is 2.31. The Labute approximate surface area is 177 Å². The van der Waals surface area contributed by atoms with Crippen molar-refractivity contribution in [3.63, 3.8) is 0 Å². The molecule has 1 saturated heterocycles. The molecule has 1 amide bonds. The van der Waals surface area contributed by atoms with Crippen LogP contribution in [0.25, 0.3) is 11.3 Å². The summed E-state index contributed by atoms with van der Waals surface area (Å²) in [4.78, 5) is 23.1. The number of hydrogen-bond donors (Lipinski definition) is 2. The van der Waals surface area contributed by atoms with Gasteiger partial charge in [-0.3, -0.25) is 9.69 Å². The second kappa shape index (κ2) is 9.45. The highest BCUT2D eigenvalue weighted by atomic mass is 16.5. The lowest BCUT2D eigenvalue weighted by atomic mass is 9.95. The van der Waals surface area contributed by atoms with E-state index in [-0.39, 0.29) is 5.91 Å². The van der Waals surface area contributed by atoms with Crippen LogP contribution >= 0.6 is 0 Å². The number of ether oxygens (including phenoxy) is 2. The van der Waals surface area contributed by atoms with Gasteiger partial charge in [0.25, 0.3) is 5.91 Å². The lowest BCUT2D eigenvalue weighted by Crippen LogP contribution is -2.35. The number of benzene rings is 1. The molecule has 0 bridgehead atoms. The molecule has 0 saturated carbocycles. The Balaban J connectivity index is 1.48. The Bertz CT molecular complexity index is 896. The van der Waals surface area contributed by atoms with Crippen LogP contribution in [0.15, 0.2) is 35.9 Å². The summed E-state index contributed by atoms with van der Waals surface area (Å²) < 4.78 is 10.8. The zero-order valence-corrected chi connectivity index (χ0v) is 17.7. The highest BCUT2D eigenvalue weighted by Gasteiger charge is 2.26. The van der Waals surface area contributed by atoms with Gasteiger partial charge >= 0.3 is 0 Å². The van der Waals surface area contributed by atoms with Gasteiger partial charge in [0.1, 0.15) is 23.0 Å². The van der Waals surface area contributed by atoms with Gasteiger partial charge in [-0.2, -0.15) is 0 Å². The van der Waals surface area contributed by atoms with Crippen LogP contribution in [0.1, 0.15) is 41.5 Å². The second-order valence-corrected chi connectivity index (χ2v) is 7.91. The van der Waals surface area contributed by atoms with Gasteiger partial charge in [-0.15, -0.1) is 0 Å². The number of methoxy groups -OCH3 is 1. The predicted molar refractivity (Wildman–Crippen MR) is 116 cm³/mol. The predicted octanol–water partition coefficient (Wildman–Crippen LogP) is 2.97. The Kier molecular flexibility index (Phi) is 6.50. The monoisotopic (exact) mass is 410 g/mol. The average molecular weight is 411 g/mol. The maximum atomic E-state index is 12.5. The quantitative estimate of drug-likeness (QED) is 0.716. The van der Waals surface area contributed by atoms with E-state index in [1.54, 1.807) is 14.2 Å². The zero-order valence-electron chi connectivity index (χ0n) is 17.7. The van der Waals surface area contributed by atoms with Crippen LogP contribution < -0.4 is 10.1 Å². The highest BCUT2D eigenvalue weighted by molar-refractivity contribution is 5.98.